The van der Waals surface area contributed by atoms with Gasteiger partial charge in [0.15, 0.2) is 0 Å². The summed E-state index contributed by atoms with van der Waals surface area (Å²) in [5, 5.41) is 7.49. The summed E-state index contributed by atoms with van der Waals surface area (Å²) in [6, 6.07) is 7.69. The molecule has 0 spiro atoms. The van der Waals surface area contributed by atoms with Crippen LogP contribution in [0.3, 0.4) is 0 Å². The Morgan fingerprint density at radius 1 is 1.17 bits per heavy atom. The van der Waals surface area contributed by atoms with Crippen molar-refractivity contribution in [2.75, 3.05) is 6.54 Å². The molecule has 0 bridgehead atoms. The fourth-order valence-corrected chi connectivity index (χ4v) is 3.66. The van der Waals surface area contributed by atoms with Crippen LogP contribution in [0, 0.1) is 5.95 Å². The Balaban J connectivity index is 1.54. The van der Waals surface area contributed by atoms with Crippen molar-refractivity contribution < 1.29 is 22.4 Å². The fourth-order valence-electron chi connectivity index (χ4n) is 3.34. The van der Waals surface area contributed by atoms with Gasteiger partial charge in [-0.05, 0) is 24.3 Å². The Morgan fingerprint density at radius 3 is 2.67 bits per heavy atom. The van der Waals surface area contributed by atoms with Crippen molar-refractivity contribution in [3.05, 3.63) is 75.6 Å². The molecule has 6 nitrogen and oxygen atoms in total. The molecule has 1 aliphatic heterocycles. The van der Waals surface area contributed by atoms with Gasteiger partial charge in [-0.2, -0.15) is 17.6 Å². The summed E-state index contributed by atoms with van der Waals surface area (Å²) in [4.78, 5) is 18.0. The van der Waals surface area contributed by atoms with Crippen molar-refractivity contribution in [1.29, 1.82) is 0 Å². The van der Waals surface area contributed by atoms with Gasteiger partial charge in [-0.25, -0.2) is 9.67 Å². The molecule has 0 radical (unpaired) electrons. The number of benzene rings is 1. The first kappa shape index (κ1) is 20.3. The number of amides is 1. The Bertz CT molecular complexity index is 1110. The van der Waals surface area contributed by atoms with Gasteiger partial charge in [-0.3, -0.25) is 4.79 Å². The third kappa shape index (κ3) is 3.87. The Labute approximate surface area is 173 Å². The summed E-state index contributed by atoms with van der Waals surface area (Å²) < 4.78 is 54.1. The molecule has 3 heterocycles. The van der Waals surface area contributed by atoms with Gasteiger partial charge >= 0.3 is 6.18 Å². The molecule has 1 amide bonds. The second kappa shape index (κ2) is 7.67. The Morgan fingerprint density at radius 2 is 1.93 bits per heavy atom. The van der Waals surface area contributed by atoms with Crippen LogP contribution in [0.2, 0.25) is 5.02 Å². The molecule has 0 atom stereocenters. The zero-order valence-corrected chi connectivity index (χ0v) is 16.1. The van der Waals surface area contributed by atoms with Gasteiger partial charge in [-0.1, -0.05) is 28.9 Å². The zero-order valence-electron chi connectivity index (χ0n) is 15.3. The van der Waals surface area contributed by atoms with Crippen molar-refractivity contribution in [3.63, 3.8) is 0 Å². The highest BCUT2D eigenvalue weighted by atomic mass is 35.5. The highest BCUT2D eigenvalue weighted by molar-refractivity contribution is 6.34. The minimum Gasteiger partial charge on any atom is -0.332 e. The first-order valence-corrected chi connectivity index (χ1v) is 9.29. The molecule has 0 saturated heterocycles. The number of carbonyl (C=O) groups is 1. The summed E-state index contributed by atoms with van der Waals surface area (Å²) >= 11 is 5.88. The van der Waals surface area contributed by atoms with E-state index in [1.807, 2.05) is 0 Å². The normalized spacial score (nSPS) is 14.0. The molecular weight excluding hydrogens is 426 g/mol. The van der Waals surface area contributed by atoms with Gasteiger partial charge in [0.1, 0.15) is 5.69 Å². The van der Waals surface area contributed by atoms with E-state index >= 15 is 0 Å². The quantitative estimate of drug-likeness (QED) is 0.461. The van der Waals surface area contributed by atoms with Crippen molar-refractivity contribution in [2.45, 2.75) is 25.7 Å². The SMILES string of the molecule is O=C(c1cccc(C(F)(F)F)c1Cl)N1CCc2c(nnn2Cc2cccc(F)n2)C1. The predicted molar refractivity (Wildman–Crippen MR) is 98.2 cm³/mol. The molecule has 0 fully saturated rings. The van der Waals surface area contributed by atoms with Crippen molar-refractivity contribution in [1.82, 2.24) is 24.9 Å². The summed E-state index contributed by atoms with van der Waals surface area (Å²) in [7, 11) is 0. The molecule has 2 aromatic heterocycles. The molecule has 0 aliphatic carbocycles. The number of hydrogen-bond acceptors (Lipinski definition) is 4. The maximum absolute atomic E-state index is 13.3. The van der Waals surface area contributed by atoms with Gasteiger partial charge < -0.3 is 4.90 Å². The molecule has 0 unspecified atom stereocenters. The van der Waals surface area contributed by atoms with Crippen LogP contribution in [0.15, 0.2) is 36.4 Å². The summed E-state index contributed by atoms with van der Waals surface area (Å²) in [5.41, 5.74) is 0.485. The van der Waals surface area contributed by atoms with Crippen molar-refractivity contribution in [3.8, 4) is 0 Å². The number of halogens is 5. The van der Waals surface area contributed by atoms with E-state index in [1.54, 1.807) is 16.8 Å². The van der Waals surface area contributed by atoms with E-state index in [0.717, 1.165) is 17.8 Å². The topological polar surface area (TPSA) is 63.9 Å². The number of rotatable bonds is 3. The van der Waals surface area contributed by atoms with E-state index < -0.39 is 28.6 Å². The lowest BCUT2D eigenvalue weighted by Crippen LogP contribution is -2.37. The maximum atomic E-state index is 13.3. The predicted octanol–water partition coefficient (Wildman–Crippen LogP) is 3.73. The number of pyridine rings is 1. The average molecular weight is 440 g/mol. The van der Waals surface area contributed by atoms with Crippen LogP contribution in [-0.2, 0) is 25.7 Å². The molecule has 0 saturated carbocycles. The molecule has 1 aliphatic rings. The first-order valence-electron chi connectivity index (χ1n) is 8.91. The van der Waals surface area contributed by atoms with E-state index in [1.165, 1.54) is 17.0 Å². The van der Waals surface area contributed by atoms with Crippen molar-refractivity contribution >= 4 is 17.5 Å². The third-order valence-electron chi connectivity index (χ3n) is 4.78. The second-order valence-electron chi connectivity index (χ2n) is 6.73. The van der Waals surface area contributed by atoms with E-state index in [9.17, 15) is 22.4 Å². The molecule has 1 aromatic carbocycles. The fraction of sp³-hybridized carbons (Fsp3) is 0.263. The molecule has 11 heteroatoms. The lowest BCUT2D eigenvalue weighted by atomic mass is 10.1. The highest BCUT2D eigenvalue weighted by Crippen LogP contribution is 2.36. The van der Waals surface area contributed by atoms with Crippen LogP contribution in [0.25, 0.3) is 0 Å². The minimum atomic E-state index is -4.66. The summed E-state index contributed by atoms with van der Waals surface area (Å²) in [6.07, 6.45) is -4.27. The Hall–Kier alpha value is -3.01. The summed E-state index contributed by atoms with van der Waals surface area (Å²) in [5.74, 6) is -1.21. The smallest absolute Gasteiger partial charge is 0.332 e. The number of aromatic nitrogens is 4. The van der Waals surface area contributed by atoms with Gasteiger partial charge in [0.25, 0.3) is 5.91 Å². The number of carbonyl (C=O) groups excluding carboxylic acids is 1. The van der Waals surface area contributed by atoms with Gasteiger partial charge in [0.05, 0.1) is 40.6 Å². The number of alkyl halides is 3. The van der Waals surface area contributed by atoms with Crippen LogP contribution in [0.5, 0.6) is 0 Å². The van der Waals surface area contributed by atoms with E-state index in [2.05, 4.69) is 15.3 Å². The number of nitrogens with zero attached hydrogens (tertiary/aromatic N) is 5. The van der Waals surface area contributed by atoms with Crippen molar-refractivity contribution in [2.24, 2.45) is 0 Å². The third-order valence-corrected chi connectivity index (χ3v) is 5.19. The standard InChI is InChI=1S/C19H14ClF4N5O/c20-17-12(4-2-5-13(17)19(22,23)24)18(30)28-8-7-15-14(10-28)26-27-29(15)9-11-3-1-6-16(21)25-11/h1-6H,7-10H2. The van der Waals surface area contributed by atoms with Crippen LogP contribution >= 0.6 is 11.6 Å². The Kier molecular flexibility index (Phi) is 5.19. The van der Waals surface area contributed by atoms with Gasteiger partial charge in [0, 0.05) is 13.0 Å². The lowest BCUT2D eigenvalue weighted by Gasteiger charge is -2.27. The second-order valence-corrected chi connectivity index (χ2v) is 7.11. The maximum Gasteiger partial charge on any atom is 0.417 e. The van der Waals surface area contributed by atoms with E-state index in [-0.39, 0.29) is 25.2 Å². The number of hydrogen-bond donors (Lipinski definition) is 0. The van der Waals surface area contributed by atoms with Crippen LogP contribution in [0.4, 0.5) is 17.6 Å². The molecule has 4 rings (SSSR count). The molecule has 0 N–H and O–H groups in total. The molecule has 156 valence electrons. The van der Waals surface area contributed by atoms with Crippen LogP contribution < -0.4 is 0 Å². The van der Waals surface area contributed by atoms with Gasteiger partial charge in [-0.15, -0.1) is 5.10 Å². The first-order chi connectivity index (χ1) is 14.2. The van der Waals surface area contributed by atoms with E-state index in [0.29, 0.717) is 17.8 Å². The van der Waals surface area contributed by atoms with Gasteiger partial charge in [0.2, 0.25) is 5.95 Å². The lowest BCUT2D eigenvalue weighted by molar-refractivity contribution is -0.137. The molecular formula is C19H14ClF4N5O. The zero-order chi connectivity index (χ0) is 21.5. The largest absolute Gasteiger partial charge is 0.417 e. The minimum absolute atomic E-state index is 0.0807. The van der Waals surface area contributed by atoms with Crippen LogP contribution in [0.1, 0.15) is 33.0 Å². The monoisotopic (exact) mass is 439 g/mol. The van der Waals surface area contributed by atoms with Crippen LogP contribution in [-0.4, -0.2) is 37.3 Å². The highest BCUT2D eigenvalue weighted by Gasteiger charge is 2.36. The van der Waals surface area contributed by atoms with E-state index in [4.69, 9.17) is 11.6 Å². The molecule has 30 heavy (non-hydrogen) atoms. The average Bonchev–Trinajstić information content (AvgIpc) is 3.09. The molecule has 3 aromatic rings. The summed E-state index contributed by atoms with van der Waals surface area (Å²) in [6.45, 7) is 0.549. The number of fused-ring (bicyclic) bond motifs is 1.